The number of aromatic nitrogens is 2. The average molecular weight is 321 g/mol. The molecular weight excluding hydrogens is 304 g/mol. The number of nitrogen functional groups attached to an aromatic ring is 1. The number of aliphatic hydroxyl groups excluding tert-OH is 1. The van der Waals surface area contributed by atoms with Crippen molar-refractivity contribution in [2.75, 3.05) is 24.2 Å². The number of nitrogens with one attached hydrogen (secondary N) is 1. The van der Waals surface area contributed by atoms with Crippen LogP contribution in [0.25, 0.3) is 0 Å². The molecule has 3 rings (SSSR count). The van der Waals surface area contributed by atoms with E-state index in [4.69, 9.17) is 27.2 Å². The molecule has 1 aliphatic carbocycles. The lowest BCUT2D eigenvalue weighted by atomic mass is 10.3. The van der Waals surface area contributed by atoms with E-state index < -0.39 is 0 Å². The van der Waals surface area contributed by atoms with E-state index >= 15 is 0 Å². The zero-order valence-electron chi connectivity index (χ0n) is 11.9. The first-order valence-corrected chi connectivity index (χ1v) is 7.44. The maximum absolute atomic E-state index is 9.08. The molecule has 116 valence electrons. The van der Waals surface area contributed by atoms with Crippen LogP contribution in [0.4, 0.5) is 11.8 Å². The lowest BCUT2D eigenvalue weighted by Gasteiger charge is -2.12. The quantitative estimate of drug-likeness (QED) is 0.757. The summed E-state index contributed by atoms with van der Waals surface area (Å²) in [5, 5.41) is 12.9. The molecule has 1 fully saturated rings. The highest BCUT2D eigenvalue weighted by atomic mass is 35.5. The Morgan fingerprint density at radius 1 is 1.32 bits per heavy atom. The van der Waals surface area contributed by atoms with Gasteiger partial charge in [-0.25, -0.2) is 4.98 Å². The monoisotopic (exact) mass is 320 g/mol. The second-order valence-electron chi connectivity index (χ2n) is 5.32. The normalized spacial score (nSPS) is 19.7. The molecule has 0 spiro atoms. The molecule has 0 bridgehead atoms. The van der Waals surface area contributed by atoms with Crippen LogP contribution in [-0.2, 0) is 0 Å². The van der Waals surface area contributed by atoms with Gasteiger partial charge in [-0.3, -0.25) is 0 Å². The summed E-state index contributed by atoms with van der Waals surface area (Å²) in [7, 11) is 0. The van der Waals surface area contributed by atoms with Crippen LogP contribution in [0.2, 0.25) is 5.02 Å². The summed E-state index contributed by atoms with van der Waals surface area (Å²) in [6, 6.07) is 7.03. The smallest absolute Gasteiger partial charge is 0.222 e. The highest BCUT2D eigenvalue weighted by molar-refractivity contribution is 6.30. The van der Waals surface area contributed by atoms with E-state index in [1.807, 2.05) is 0 Å². The first-order valence-electron chi connectivity index (χ1n) is 7.06. The first kappa shape index (κ1) is 14.9. The number of nitrogens with zero attached hydrogens (tertiary/aromatic N) is 2. The maximum atomic E-state index is 9.08. The van der Waals surface area contributed by atoms with E-state index in [9.17, 15) is 0 Å². The molecule has 22 heavy (non-hydrogen) atoms. The van der Waals surface area contributed by atoms with Gasteiger partial charge in [0, 0.05) is 18.2 Å². The number of nitrogens with two attached hydrogens (primary N) is 1. The van der Waals surface area contributed by atoms with Gasteiger partial charge >= 0.3 is 0 Å². The van der Waals surface area contributed by atoms with Crippen LogP contribution < -0.4 is 15.8 Å². The number of ether oxygens (including phenoxy) is 1. The zero-order chi connectivity index (χ0) is 15.5. The molecule has 0 radical (unpaired) electrons. The minimum atomic E-state index is 0.181. The van der Waals surface area contributed by atoms with Gasteiger partial charge in [-0.2, -0.15) is 4.98 Å². The van der Waals surface area contributed by atoms with Crippen molar-refractivity contribution in [3.63, 3.8) is 0 Å². The van der Waals surface area contributed by atoms with Crippen LogP contribution in [0.1, 0.15) is 6.42 Å². The van der Waals surface area contributed by atoms with E-state index in [0.717, 1.165) is 13.0 Å². The Kier molecular flexibility index (Phi) is 4.31. The molecule has 1 aromatic heterocycles. The van der Waals surface area contributed by atoms with Crippen LogP contribution in [0.5, 0.6) is 11.5 Å². The highest BCUT2D eigenvalue weighted by Gasteiger charge is 2.36. The van der Waals surface area contributed by atoms with Gasteiger partial charge in [0.25, 0.3) is 0 Å². The van der Waals surface area contributed by atoms with Crippen molar-refractivity contribution in [2.45, 2.75) is 6.42 Å². The number of rotatable bonds is 6. The topological polar surface area (TPSA) is 93.3 Å². The minimum absolute atomic E-state index is 0.181. The number of halogens is 1. The fourth-order valence-electron chi connectivity index (χ4n) is 2.23. The SMILES string of the molecule is Nc1ncc(Oc2ccc(Cl)cc2)c(NCC2CC2CO)n1. The van der Waals surface area contributed by atoms with E-state index in [2.05, 4.69) is 15.3 Å². The second-order valence-corrected chi connectivity index (χ2v) is 5.75. The fraction of sp³-hybridized carbons (Fsp3) is 0.333. The predicted octanol–water partition coefficient (Wildman–Crippen LogP) is 2.54. The summed E-state index contributed by atoms with van der Waals surface area (Å²) in [4.78, 5) is 8.14. The third kappa shape index (κ3) is 3.58. The van der Waals surface area contributed by atoms with Crippen LogP contribution in [0, 0.1) is 11.8 Å². The van der Waals surface area contributed by atoms with Crippen molar-refractivity contribution in [3.05, 3.63) is 35.5 Å². The Balaban J connectivity index is 1.71. The van der Waals surface area contributed by atoms with Crippen molar-refractivity contribution in [1.29, 1.82) is 0 Å². The Morgan fingerprint density at radius 2 is 2.09 bits per heavy atom. The minimum Gasteiger partial charge on any atom is -0.452 e. The molecule has 0 saturated heterocycles. The summed E-state index contributed by atoms with van der Waals surface area (Å²) < 4.78 is 5.77. The molecule has 0 aliphatic heterocycles. The molecule has 6 nitrogen and oxygen atoms in total. The maximum Gasteiger partial charge on any atom is 0.222 e. The van der Waals surface area contributed by atoms with Gasteiger partial charge in [-0.05, 0) is 42.5 Å². The van der Waals surface area contributed by atoms with Crippen molar-refractivity contribution in [2.24, 2.45) is 11.8 Å². The standard InChI is InChI=1S/C15H17ClN4O2/c16-11-1-3-12(4-2-11)22-13-7-19-15(17)20-14(13)18-6-9-5-10(9)8-21/h1-4,7,9-10,21H,5-6,8H2,(H3,17,18,19,20). The lowest BCUT2D eigenvalue weighted by Crippen LogP contribution is -2.10. The van der Waals surface area contributed by atoms with E-state index in [1.165, 1.54) is 6.20 Å². The highest BCUT2D eigenvalue weighted by Crippen LogP contribution is 2.38. The van der Waals surface area contributed by atoms with Crippen molar-refractivity contribution in [3.8, 4) is 11.5 Å². The lowest BCUT2D eigenvalue weighted by molar-refractivity contribution is 0.270. The Morgan fingerprint density at radius 3 is 2.77 bits per heavy atom. The van der Waals surface area contributed by atoms with Crippen molar-refractivity contribution < 1.29 is 9.84 Å². The average Bonchev–Trinajstić information content (AvgIpc) is 3.28. The number of anilines is 2. The van der Waals surface area contributed by atoms with Gasteiger partial charge in [-0.15, -0.1) is 0 Å². The first-order chi connectivity index (χ1) is 10.7. The Hall–Kier alpha value is -2.05. The summed E-state index contributed by atoms with van der Waals surface area (Å²) in [6.45, 7) is 0.949. The molecule has 0 amide bonds. The third-order valence-corrected chi connectivity index (χ3v) is 3.90. The molecule has 1 aliphatic rings. The summed E-state index contributed by atoms with van der Waals surface area (Å²) in [6.07, 6.45) is 2.56. The van der Waals surface area contributed by atoms with Gasteiger partial charge in [0.2, 0.25) is 5.95 Å². The van der Waals surface area contributed by atoms with Gasteiger partial charge in [0.1, 0.15) is 5.75 Å². The number of aliphatic hydroxyl groups is 1. The fourth-order valence-corrected chi connectivity index (χ4v) is 2.35. The Bertz CT molecular complexity index is 650. The molecule has 1 saturated carbocycles. The number of benzene rings is 1. The van der Waals surface area contributed by atoms with E-state index in [1.54, 1.807) is 24.3 Å². The van der Waals surface area contributed by atoms with Crippen LogP contribution in [0.15, 0.2) is 30.5 Å². The summed E-state index contributed by atoms with van der Waals surface area (Å²) in [5.74, 6) is 2.71. The third-order valence-electron chi connectivity index (χ3n) is 3.65. The van der Waals surface area contributed by atoms with Crippen LogP contribution in [-0.4, -0.2) is 28.2 Å². The van der Waals surface area contributed by atoms with Crippen molar-refractivity contribution in [1.82, 2.24) is 9.97 Å². The molecule has 1 heterocycles. The number of hydrogen-bond acceptors (Lipinski definition) is 6. The summed E-state index contributed by atoms with van der Waals surface area (Å²) >= 11 is 5.86. The van der Waals surface area contributed by atoms with Crippen LogP contribution in [0.3, 0.4) is 0 Å². The van der Waals surface area contributed by atoms with Gasteiger partial charge in [-0.1, -0.05) is 11.6 Å². The molecular formula is C15H17ClN4O2. The van der Waals surface area contributed by atoms with Gasteiger partial charge in [0.15, 0.2) is 11.6 Å². The molecule has 4 N–H and O–H groups in total. The van der Waals surface area contributed by atoms with Crippen LogP contribution >= 0.6 is 11.6 Å². The Labute approximate surface area is 133 Å². The molecule has 1 aromatic carbocycles. The van der Waals surface area contributed by atoms with E-state index in [0.29, 0.717) is 34.2 Å². The molecule has 7 heteroatoms. The largest absolute Gasteiger partial charge is 0.452 e. The second kappa shape index (κ2) is 6.37. The van der Waals surface area contributed by atoms with Gasteiger partial charge in [0.05, 0.1) is 6.20 Å². The molecule has 2 atom stereocenters. The van der Waals surface area contributed by atoms with E-state index in [-0.39, 0.29) is 12.6 Å². The van der Waals surface area contributed by atoms with Crippen molar-refractivity contribution >= 4 is 23.4 Å². The van der Waals surface area contributed by atoms with Gasteiger partial charge < -0.3 is 20.9 Å². The molecule has 2 unspecified atom stereocenters. The number of hydrogen-bond donors (Lipinski definition) is 3. The summed E-state index contributed by atoms with van der Waals surface area (Å²) in [5.41, 5.74) is 5.64. The predicted molar refractivity (Wildman–Crippen MR) is 85.1 cm³/mol. The zero-order valence-corrected chi connectivity index (χ0v) is 12.6. The molecule has 2 aromatic rings.